The summed E-state index contributed by atoms with van der Waals surface area (Å²) in [4.78, 5) is 26.9. The zero-order valence-electron chi connectivity index (χ0n) is 12.4. The summed E-state index contributed by atoms with van der Waals surface area (Å²) in [6, 6.07) is -0.285. The van der Waals surface area contributed by atoms with Gasteiger partial charge in [0.15, 0.2) is 0 Å². The summed E-state index contributed by atoms with van der Waals surface area (Å²) < 4.78 is 0. The van der Waals surface area contributed by atoms with Gasteiger partial charge in [-0.05, 0) is 39.0 Å². The first kappa shape index (κ1) is 14.4. The molecule has 0 radical (unpaired) electrons. The van der Waals surface area contributed by atoms with E-state index in [2.05, 4.69) is 5.32 Å². The number of carbonyl (C=O) groups excluding carboxylic acids is 2. The van der Waals surface area contributed by atoms with Gasteiger partial charge in [-0.15, -0.1) is 0 Å². The molecule has 2 amide bonds. The smallest absolute Gasteiger partial charge is 0.246 e. The Morgan fingerprint density at radius 1 is 1.21 bits per heavy atom. The highest BCUT2D eigenvalue weighted by atomic mass is 16.2. The second kappa shape index (κ2) is 5.51. The van der Waals surface area contributed by atoms with Crippen molar-refractivity contribution < 1.29 is 9.59 Å². The SMILES string of the molecule is CCN1C(=O)C(C2CCCCC2)NC(=O)C1(C)CC. The van der Waals surface area contributed by atoms with E-state index in [0.717, 1.165) is 12.8 Å². The Bertz CT molecular complexity index is 363. The van der Waals surface area contributed by atoms with Crippen molar-refractivity contribution in [2.75, 3.05) is 6.54 Å². The van der Waals surface area contributed by atoms with E-state index in [4.69, 9.17) is 0 Å². The topological polar surface area (TPSA) is 49.4 Å². The fourth-order valence-corrected chi connectivity index (χ4v) is 3.54. The Hall–Kier alpha value is -1.06. The third-order valence-electron chi connectivity index (χ3n) is 5.03. The zero-order valence-corrected chi connectivity index (χ0v) is 12.4. The molecule has 1 heterocycles. The third kappa shape index (κ3) is 2.37. The number of hydrogen-bond donors (Lipinski definition) is 1. The van der Waals surface area contributed by atoms with Crippen molar-refractivity contribution in [2.24, 2.45) is 5.92 Å². The van der Waals surface area contributed by atoms with Crippen LogP contribution in [0.3, 0.4) is 0 Å². The second-order valence-electron chi connectivity index (χ2n) is 6.06. The van der Waals surface area contributed by atoms with Crippen LogP contribution in [0.4, 0.5) is 0 Å². The Labute approximate surface area is 115 Å². The van der Waals surface area contributed by atoms with Gasteiger partial charge in [0.2, 0.25) is 11.8 Å². The van der Waals surface area contributed by atoms with E-state index in [1.807, 2.05) is 20.8 Å². The average molecular weight is 266 g/mol. The predicted molar refractivity (Wildman–Crippen MR) is 74.6 cm³/mol. The molecular formula is C15H26N2O2. The van der Waals surface area contributed by atoms with Gasteiger partial charge in [0, 0.05) is 6.54 Å². The number of amides is 2. The number of nitrogens with zero attached hydrogens (tertiary/aromatic N) is 1. The largest absolute Gasteiger partial charge is 0.342 e. The van der Waals surface area contributed by atoms with Crippen molar-refractivity contribution in [3.05, 3.63) is 0 Å². The highest BCUT2D eigenvalue weighted by Crippen LogP contribution is 2.32. The summed E-state index contributed by atoms with van der Waals surface area (Å²) in [5, 5.41) is 3.01. The third-order valence-corrected chi connectivity index (χ3v) is 5.03. The molecule has 2 fully saturated rings. The van der Waals surface area contributed by atoms with Gasteiger partial charge >= 0.3 is 0 Å². The lowest BCUT2D eigenvalue weighted by Crippen LogP contribution is -2.70. The molecule has 2 atom stereocenters. The summed E-state index contributed by atoms with van der Waals surface area (Å²) in [7, 11) is 0. The maximum atomic E-state index is 12.7. The summed E-state index contributed by atoms with van der Waals surface area (Å²) in [5.74, 6) is 0.478. The highest BCUT2D eigenvalue weighted by molar-refractivity contribution is 5.99. The van der Waals surface area contributed by atoms with E-state index in [-0.39, 0.29) is 17.9 Å². The maximum absolute atomic E-state index is 12.7. The number of piperazine rings is 1. The van der Waals surface area contributed by atoms with Crippen LogP contribution in [0, 0.1) is 5.92 Å². The van der Waals surface area contributed by atoms with Crippen LogP contribution < -0.4 is 5.32 Å². The fraction of sp³-hybridized carbons (Fsp3) is 0.867. The van der Waals surface area contributed by atoms with Crippen molar-refractivity contribution in [3.63, 3.8) is 0 Å². The fourth-order valence-electron chi connectivity index (χ4n) is 3.54. The lowest BCUT2D eigenvalue weighted by Gasteiger charge is -2.47. The summed E-state index contributed by atoms with van der Waals surface area (Å²) in [6.07, 6.45) is 6.42. The standard InChI is InChI=1S/C15H26N2O2/c1-4-15(3)14(19)16-12(13(18)17(15)5-2)11-9-7-6-8-10-11/h11-12H,4-10H2,1-3H3,(H,16,19). The normalized spacial score (nSPS) is 33.4. The van der Waals surface area contributed by atoms with Gasteiger partial charge in [0.25, 0.3) is 0 Å². The van der Waals surface area contributed by atoms with E-state index >= 15 is 0 Å². The molecule has 0 aromatic rings. The maximum Gasteiger partial charge on any atom is 0.246 e. The van der Waals surface area contributed by atoms with Crippen LogP contribution >= 0.6 is 0 Å². The summed E-state index contributed by atoms with van der Waals surface area (Å²) in [5.41, 5.74) is -0.670. The molecule has 1 saturated heterocycles. The second-order valence-corrected chi connectivity index (χ2v) is 6.06. The van der Waals surface area contributed by atoms with E-state index in [9.17, 15) is 9.59 Å². The molecule has 19 heavy (non-hydrogen) atoms. The number of likely N-dealkylation sites (N-methyl/N-ethyl adjacent to an activating group) is 1. The molecule has 4 nitrogen and oxygen atoms in total. The molecule has 0 aromatic heterocycles. The molecule has 0 bridgehead atoms. The Morgan fingerprint density at radius 2 is 1.84 bits per heavy atom. The molecule has 1 saturated carbocycles. The Morgan fingerprint density at radius 3 is 2.37 bits per heavy atom. The first-order valence-corrected chi connectivity index (χ1v) is 7.67. The van der Waals surface area contributed by atoms with Gasteiger partial charge in [0.05, 0.1) is 0 Å². The van der Waals surface area contributed by atoms with Crippen LogP contribution in [-0.2, 0) is 9.59 Å². The Kier molecular flexibility index (Phi) is 4.16. The minimum absolute atomic E-state index is 0.0204. The molecule has 2 aliphatic rings. The molecule has 2 rings (SSSR count). The summed E-state index contributed by atoms with van der Waals surface area (Å²) >= 11 is 0. The van der Waals surface area contributed by atoms with Crippen LogP contribution in [0.25, 0.3) is 0 Å². The zero-order chi connectivity index (χ0) is 14.0. The average Bonchev–Trinajstić information content (AvgIpc) is 2.44. The molecule has 1 aliphatic heterocycles. The minimum atomic E-state index is -0.670. The molecular weight excluding hydrogens is 240 g/mol. The Balaban J connectivity index is 2.21. The number of hydrogen-bond acceptors (Lipinski definition) is 2. The predicted octanol–water partition coefficient (Wildman–Crippen LogP) is 2.08. The molecule has 4 heteroatoms. The molecule has 0 spiro atoms. The molecule has 0 aromatic carbocycles. The van der Waals surface area contributed by atoms with Crippen LogP contribution in [0.2, 0.25) is 0 Å². The summed E-state index contributed by atoms with van der Waals surface area (Å²) in [6.45, 7) is 6.42. The van der Waals surface area contributed by atoms with Gasteiger partial charge in [0.1, 0.15) is 11.6 Å². The highest BCUT2D eigenvalue weighted by Gasteiger charge is 2.49. The first-order valence-electron chi connectivity index (χ1n) is 7.67. The molecule has 108 valence electrons. The van der Waals surface area contributed by atoms with Crippen LogP contribution in [0.15, 0.2) is 0 Å². The number of carbonyl (C=O) groups is 2. The van der Waals surface area contributed by atoms with Crippen LogP contribution in [0.5, 0.6) is 0 Å². The monoisotopic (exact) mass is 266 g/mol. The first-order chi connectivity index (χ1) is 9.04. The molecule has 1 aliphatic carbocycles. The van der Waals surface area contributed by atoms with Gasteiger partial charge in [-0.3, -0.25) is 9.59 Å². The lowest BCUT2D eigenvalue weighted by atomic mass is 9.80. The quantitative estimate of drug-likeness (QED) is 0.850. The van der Waals surface area contributed by atoms with Crippen LogP contribution in [-0.4, -0.2) is 34.8 Å². The van der Waals surface area contributed by atoms with Crippen molar-refractivity contribution in [1.29, 1.82) is 0 Å². The van der Waals surface area contributed by atoms with Crippen molar-refractivity contribution in [2.45, 2.75) is 70.9 Å². The van der Waals surface area contributed by atoms with E-state index in [1.54, 1.807) is 4.90 Å². The van der Waals surface area contributed by atoms with Gasteiger partial charge in [-0.2, -0.15) is 0 Å². The van der Waals surface area contributed by atoms with E-state index in [1.165, 1.54) is 19.3 Å². The van der Waals surface area contributed by atoms with Crippen LogP contribution in [0.1, 0.15) is 59.3 Å². The minimum Gasteiger partial charge on any atom is -0.342 e. The number of rotatable bonds is 3. The molecule has 1 N–H and O–H groups in total. The van der Waals surface area contributed by atoms with Crippen molar-refractivity contribution in [1.82, 2.24) is 10.2 Å². The van der Waals surface area contributed by atoms with Crippen molar-refractivity contribution in [3.8, 4) is 0 Å². The van der Waals surface area contributed by atoms with Gasteiger partial charge in [-0.25, -0.2) is 0 Å². The van der Waals surface area contributed by atoms with E-state index < -0.39 is 5.54 Å². The van der Waals surface area contributed by atoms with E-state index in [0.29, 0.717) is 18.9 Å². The lowest BCUT2D eigenvalue weighted by molar-refractivity contribution is -0.158. The van der Waals surface area contributed by atoms with Crippen molar-refractivity contribution >= 4 is 11.8 Å². The molecule has 2 unspecified atom stereocenters. The van der Waals surface area contributed by atoms with Gasteiger partial charge in [-0.1, -0.05) is 26.2 Å². The number of nitrogens with one attached hydrogen (secondary N) is 1. The van der Waals surface area contributed by atoms with Gasteiger partial charge < -0.3 is 10.2 Å².